The minimum absolute atomic E-state index is 0.0134. The summed E-state index contributed by atoms with van der Waals surface area (Å²) in [5, 5.41) is 1.03. The molecular weight excluding hydrogens is 374 g/mol. The zero-order valence-electron chi connectivity index (χ0n) is 17.4. The van der Waals surface area contributed by atoms with Crippen molar-refractivity contribution in [1.29, 1.82) is 0 Å². The van der Waals surface area contributed by atoms with Gasteiger partial charge in [0, 0.05) is 30.2 Å². The fraction of sp³-hybridized carbons (Fsp3) is 0.360. The summed E-state index contributed by atoms with van der Waals surface area (Å²) in [6.07, 6.45) is 4.58. The van der Waals surface area contributed by atoms with Gasteiger partial charge in [-0.15, -0.1) is 0 Å². The van der Waals surface area contributed by atoms with Gasteiger partial charge in [0.2, 0.25) is 0 Å². The number of aromatic nitrogens is 1. The molecule has 0 radical (unpaired) electrons. The molecule has 1 fully saturated rings. The van der Waals surface area contributed by atoms with Gasteiger partial charge in [-0.25, -0.2) is 4.98 Å². The highest BCUT2D eigenvalue weighted by Crippen LogP contribution is 2.30. The molecule has 1 atom stereocenters. The Morgan fingerprint density at radius 3 is 2.87 bits per heavy atom. The summed E-state index contributed by atoms with van der Waals surface area (Å²) in [7, 11) is 0. The van der Waals surface area contributed by atoms with Crippen molar-refractivity contribution in [1.82, 2.24) is 4.98 Å². The van der Waals surface area contributed by atoms with Gasteiger partial charge in [0.1, 0.15) is 17.1 Å². The van der Waals surface area contributed by atoms with Crippen molar-refractivity contribution in [3.05, 3.63) is 60.2 Å². The second-order valence-corrected chi connectivity index (χ2v) is 8.25. The molecule has 0 spiro atoms. The standard InChI is InChI=1S/C25H27N3O2/c1-18-7-4-5-15-27(18)23-13-12-20-9-6-11-22(25(20)26-23)30-17-24(29)28-16-14-19-8-2-3-10-21(19)28/h2-3,6,8-13,18H,4-5,7,14-17H2,1H3/t18-/m1/s1. The number of para-hydroxylation sites is 2. The maximum absolute atomic E-state index is 12.8. The van der Waals surface area contributed by atoms with E-state index in [9.17, 15) is 4.79 Å². The zero-order chi connectivity index (χ0) is 20.5. The van der Waals surface area contributed by atoms with Crippen molar-refractivity contribution in [3.8, 4) is 5.75 Å². The first kappa shape index (κ1) is 18.9. The number of piperidine rings is 1. The first-order chi connectivity index (χ1) is 14.7. The van der Waals surface area contributed by atoms with Crippen LogP contribution in [0, 0.1) is 0 Å². The van der Waals surface area contributed by atoms with Crippen molar-refractivity contribution in [2.75, 3.05) is 29.5 Å². The van der Waals surface area contributed by atoms with Gasteiger partial charge in [-0.3, -0.25) is 4.79 Å². The Morgan fingerprint density at radius 2 is 1.97 bits per heavy atom. The number of amides is 1. The molecule has 1 saturated heterocycles. The quantitative estimate of drug-likeness (QED) is 0.642. The van der Waals surface area contributed by atoms with Crippen molar-refractivity contribution >= 4 is 28.3 Å². The molecule has 5 rings (SSSR count). The minimum atomic E-state index is -0.0160. The Labute approximate surface area is 177 Å². The zero-order valence-corrected chi connectivity index (χ0v) is 17.4. The van der Waals surface area contributed by atoms with Gasteiger partial charge >= 0.3 is 0 Å². The summed E-state index contributed by atoms with van der Waals surface area (Å²) in [4.78, 5) is 22.0. The molecule has 2 aliphatic rings. The van der Waals surface area contributed by atoms with Crippen LogP contribution < -0.4 is 14.5 Å². The van der Waals surface area contributed by atoms with Crippen LogP contribution in [-0.2, 0) is 11.2 Å². The fourth-order valence-electron chi connectivity index (χ4n) is 4.64. The Morgan fingerprint density at radius 1 is 1.07 bits per heavy atom. The molecule has 3 heterocycles. The first-order valence-electron chi connectivity index (χ1n) is 10.9. The lowest BCUT2D eigenvalue weighted by atomic mass is 10.0. The van der Waals surface area contributed by atoms with E-state index in [-0.39, 0.29) is 12.5 Å². The second kappa shape index (κ2) is 7.98. The molecule has 2 aliphatic heterocycles. The molecule has 5 heteroatoms. The normalized spacial score (nSPS) is 18.5. The lowest BCUT2D eigenvalue weighted by Crippen LogP contribution is -2.37. The summed E-state index contributed by atoms with van der Waals surface area (Å²) in [6, 6.07) is 18.7. The van der Waals surface area contributed by atoms with Crippen LogP contribution >= 0.6 is 0 Å². The highest BCUT2D eigenvalue weighted by atomic mass is 16.5. The smallest absolute Gasteiger partial charge is 0.264 e. The molecule has 1 amide bonds. The van der Waals surface area contributed by atoms with E-state index in [2.05, 4.69) is 30.0 Å². The molecule has 0 unspecified atom stereocenters. The third-order valence-corrected chi connectivity index (χ3v) is 6.31. The minimum Gasteiger partial charge on any atom is -0.481 e. The van der Waals surface area contributed by atoms with Crippen LogP contribution in [0.2, 0.25) is 0 Å². The second-order valence-electron chi connectivity index (χ2n) is 8.25. The summed E-state index contributed by atoms with van der Waals surface area (Å²) in [6.45, 7) is 4.03. The van der Waals surface area contributed by atoms with Crippen LogP contribution in [0.5, 0.6) is 5.75 Å². The number of rotatable bonds is 4. The van der Waals surface area contributed by atoms with Gasteiger partial charge in [-0.2, -0.15) is 0 Å². The highest BCUT2D eigenvalue weighted by molar-refractivity contribution is 5.96. The van der Waals surface area contributed by atoms with Crippen molar-refractivity contribution in [2.45, 2.75) is 38.6 Å². The van der Waals surface area contributed by atoms with E-state index >= 15 is 0 Å². The molecule has 0 saturated carbocycles. The molecule has 5 nitrogen and oxygen atoms in total. The van der Waals surface area contributed by atoms with E-state index in [0.29, 0.717) is 18.3 Å². The summed E-state index contributed by atoms with van der Waals surface area (Å²) in [5.41, 5.74) is 3.05. The number of carbonyl (C=O) groups is 1. The number of anilines is 2. The summed E-state index contributed by atoms with van der Waals surface area (Å²) in [5.74, 6) is 1.64. The van der Waals surface area contributed by atoms with Gasteiger partial charge in [0.15, 0.2) is 6.61 Å². The molecule has 30 heavy (non-hydrogen) atoms. The van der Waals surface area contributed by atoms with E-state index in [1.54, 1.807) is 0 Å². The Bertz CT molecular complexity index is 1080. The van der Waals surface area contributed by atoms with Crippen LogP contribution in [-0.4, -0.2) is 36.6 Å². The van der Waals surface area contributed by atoms with Crippen LogP contribution in [0.4, 0.5) is 11.5 Å². The molecular formula is C25H27N3O2. The average Bonchev–Trinajstić information content (AvgIpc) is 3.22. The van der Waals surface area contributed by atoms with Gasteiger partial charge in [-0.1, -0.05) is 30.3 Å². The number of hydrogen-bond donors (Lipinski definition) is 0. The topological polar surface area (TPSA) is 45.7 Å². The van der Waals surface area contributed by atoms with Gasteiger partial charge < -0.3 is 14.5 Å². The number of pyridine rings is 1. The van der Waals surface area contributed by atoms with Crippen molar-refractivity contribution in [2.24, 2.45) is 0 Å². The number of nitrogens with zero attached hydrogens (tertiary/aromatic N) is 3. The van der Waals surface area contributed by atoms with Crippen molar-refractivity contribution in [3.63, 3.8) is 0 Å². The number of fused-ring (bicyclic) bond motifs is 2. The van der Waals surface area contributed by atoms with Crippen LogP contribution in [0.25, 0.3) is 10.9 Å². The predicted octanol–water partition coefficient (Wildman–Crippen LogP) is 4.58. The van der Waals surface area contributed by atoms with Crippen molar-refractivity contribution < 1.29 is 9.53 Å². The lowest BCUT2D eigenvalue weighted by Gasteiger charge is -2.34. The Balaban J connectivity index is 1.36. The fourth-order valence-corrected chi connectivity index (χ4v) is 4.64. The van der Waals surface area contributed by atoms with Crippen LogP contribution in [0.15, 0.2) is 54.6 Å². The number of ether oxygens (including phenoxy) is 1. The van der Waals surface area contributed by atoms with Gasteiger partial charge in [0.05, 0.1) is 0 Å². The van der Waals surface area contributed by atoms with E-state index < -0.39 is 0 Å². The van der Waals surface area contributed by atoms with Gasteiger partial charge in [-0.05, 0) is 62.4 Å². The molecule has 3 aromatic rings. The van der Waals surface area contributed by atoms with E-state index in [0.717, 1.165) is 35.4 Å². The molecule has 0 aliphatic carbocycles. The Kier molecular flexibility index (Phi) is 5.03. The van der Waals surface area contributed by atoms with Crippen LogP contribution in [0.1, 0.15) is 31.7 Å². The molecule has 2 aromatic carbocycles. The molecule has 0 bridgehead atoms. The number of hydrogen-bond acceptors (Lipinski definition) is 4. The first-order valence-corrected chi connectivity index (χ1v) is 10.9. The third-order valence-electron chi connectivity index (χ3n) is 6.31. The highest BCUT2D eigenvalue weighted by Gasteiger charge is 2.25. The van der Waals surface area contributed by atoms with E-state index in [4.69, 9.17) is 9.72 Å². The Hall–Kier alpha value is -3.08. The monoisotopic (exact) mass is 401 g/mol. The number of benzene rings is 2. The van der Waals surface area contributed by atoms with Gasteiger partial charge in [0.25, 0.3) is 5.91 Å². The summed E-state index contributed by atoms with van der Waals surface area (Å²) >= 11 is 0. The largest absolute Gasteiger partial charge is 0.481 e. The maximum atomic E-state index is 12.8. The number of carbonyl (C=O) groups excluding carboxylic acids is 1. The lowest BCUT2D eigenvalue weighted by molar-refractivity contribution is -0.120. The average molecular weight is 402 g/mol. The molecule has 0 N–H and O–H groups in total. The summed E-state index contributed by atoms with van der Waals surface area (Å²) < 4.78 is 6.01. The molecule has 154 valence electrons. The maximum Gasteiger partial charge on any atom is 0.264 e. The van der Waals surface area contributed by atoms with Crippen LogP contribution in [0.3, 0.4) is 0 Å². The van der Waals surface area contributed by atoms with E-state index in [1.807, 2.05) is 41.3 Å². The third kappa shape index (κ3) is 3.49. The van der Waals surface area contributed by atoms with E-state index in [1.165, 1.54) is 24.8 Å². The predicted molar refractivity (Wildman–Crippen MR) is 120 cm³/mol. The molecule has 1 aromatic heterocycles. The SMILES string of the molecule is C[C@@H]1CCCCN1c1ccc2cccc(OCC(=O)N3CCc4ccccc43)c2n1.